The first kappa shape index (κ1) is 11.4. The van der Waals surface area contributed by atoms with E-state index in [1.807, 2.05) is 0 Å². The van der Waals surface area contributed by atoms with Crippen LogP contribution < -0.4 is 5.73 Å². The van der Waals surface area contributed by atoms with E-state index >= 15 is 0 Å². The highest BCUT2D eigenvalue weighted by Gasteiger charge is 2.25. The number of hydrogen-bond acceptors (Lipinski definition) is 2. The highest BCUT2D eigenvalue weighted by molar-refractivity contribution is 4.81. The minimum absolute atomic E-state index is 0.456. The predicted octanol–water partition coefficient (Wildman–Crippen LogP) is 2.24. The maximum atomic E-state index is 5.93. The Kier molecular flexibility index (Phi) is 4.04. The van der Waals surface area contributed by atoms with Gasteiger partial charge in [-0.05, 0) is 37.6 Å². The summed E-state index contributed by atoms with van der Waals surface area (Å²) in [5.41, 5.74) is 5.93. The molecule has 0 aromatic heterocycles. The van der Waals surface area contributed by atoms with Crippen molar-refractivity contribution in [3.05, 3.63) is 0 Å². The molecule has 0 radical (unpaired) electrons. The number of rotatable bonds is 3. The average molecular weight is 210 g/mol. The molecule has 1 saturated heterocycles. The van der Waals surface area contributed by atoms with Gasteiger partial charge in [-0.3, -0.25) is 0 Å². The van der Waals surface area contributed by atoms with Crippen LogP contribution in [0.25, 0.3) is 0 Å². The SMILES string of the molecule is CCC1CCC(CN2CCC(N)C2)CC1. The molecule has 2 nitrogen and oxygen atoms in total. The van der Waals surface area contributed by atoms with Crippen molar-refractivity contribution in [2.24, 2.45) is 17.6 Å². The molecule has 1 unspecified atom stereocenters. The summed E-state index contributed by atoms with van der Waals surface area (Å²) >= 11 is 0. The largest absolute Gasteiger partial charge is 0.326 e. The summed E-state index contributed by atoms with van der Waals surface area (Å²) in [5, 5.41) is 0. The van der Waals surface area contributed by atoms with Gasteiger partial charge in [-0.2, -0.15) is 0 Å². The van der Waals surface area contributed by atoms with Gasteiger partial charge in [-0.1, -0.05) is 26.2 Å². The molecule has 1 saturated carbocycles. The standard InChI is InChI=1S/C13H26N2/c1-2-11-3-5-12(6-4-11)9-15-8-7-13(14)10-15/h11-13H,2-10,14H2,1H3. The summed E-state index contributed by atoms with van der Waals surface area (Å²) in [6, 6.07) is 0.456. The molecule has 2 heteroatoms. The first-order valence-corrected chi connectivity index (χ1v) is 6.76. The molecule has 0 spiro atoms. The van der Waals surface area contributed by atoms with Gasteiger partial charge in [0.15, 0.2) is 0 Å². The lowest BCUT2D eigenvalue weighted by Crippen LogP contribution is -2.32. The first-order chi connectivity index (χ1) is 7.28. The van der Waals surface area contributed by atoms with E-state index in [4.69, 9.17) is 5.73 Å². The molecule has 0 amide bonds. The summed E-state index contributed by atoms with van der Waals surface area (Å²) in [7, 11) is 0. The van der Waals surface area contributed by atoms with Crippen LogP contribution in [-0.2, 0) is 0 Å². The van der Waals surface area contributed by atoms with E-state index in [0.29, 0.717) is 6.04 Å². The van der Waals surface area contributed by atoms with Crippen LogP contribution in [-0.4, -0.2) is 30.6 Å². The third-order valence-electron chi connectivity index (χ3n) is 4.37. The number of hydrogen-bond donors (Lipinski definition) is 1. The molecule has 88 valence electrons. The zero-order valence-electron chi connectivity index (χ0n) is 10.1. The van der Waals surface area contributed by atoms with Crippen LogP contribution in [0.3, 0.4) is 0 Å². The Bertz CT molecular complexity index is 185. The summed E-state index contributed by atoms with van der Waals surface area (Å²) in [5.74, 6) is 2.00. The van der Waals surface area contributed by atoms with Crippen LogP contribution in [0.15, 0.2) is 0 Å². The lowest BCUT2D eigenvalue weighted by atomic mass is 9.81. The maximum Gasteiger partial charge on any atom is 0.0180 e. The van der Waals surface area contributed by atoms with Crippen LogP contribution in [0.2, 0.25) is 0 Å². The third kappa shape index (κ3) is 3.18. The van der Waals surface area contributed by atoms with E-state index in [-0.39, 0.29) is 0 Å². The molecule has 0 aromatic carbocycles. The number of nitrogens with two attached hydrogens (primary N) is 1. The van der Waals surface area contributed by atoms with Crippen molar-refractivity contribution in [2.75, 3.05) is 19.6 Å². The van der Waals surface area contributed by atoms with Gasteiger partial charge in [0.05, 0.1) is 0 Å². The van der Waals surface area contributed by atoms with E-state index in [1.165, 1.54) is 51.6 Å². The molecule has 1 aliphatic heterocycles. The Balaban J connectivity index is 1.68. The van der Waals surface area contributed by atoms with Crippen molar-refractivity contribution in [3.63, 3.8) is 0 Å². The summed E-state index contributed by atoms with van der Waals surface area (Å²) in [6.45, 7) is 6.05. The minimum atomic E-state index is 0.456. The van der Waals surface area contributed by atoms with Crippen molar-refractivity contribution >= 4 is 0 Å². The molecule has 15 heavy (non-hydrogen) atoms. The molecule has 1 aliphatic carbocycles. The van der Waals surface area contributed by atoms with Crippen LogP contribution in [0.4, 0.5) is 0 Å². The second kappa shape index (κ2) is 5.31. The van der Waals surface area contributed by atoms with Gasteiger partial charge in [0, 0.05) is 19.1 Å². The summed E-state index contributed by atoms with van der Waals surface area (Å²) < 4.78 is 0. The van der Waals surface area contributed by atoms with Crippen molar-refractivity contribution in [1.29, 1.82) is 0 Å². The average Bonchev–Trinajstić information content (AvgIpc) is 2.65. The van der Waals surface area contributed by atoms with E-state index in [2.05, 4.69) is 11.8 Å². The summed E-state index contributed by atoms with van der Waals surface area (Å²) in [6.07, 6.45) is 8.47. The molecule has 1 heterocycles. The Labute approximate surface area is 94.2 Å². The van der Waals surface area contributed by atoms with Gasteiger partial charge in [0.2, 0.25) is 0 Å². The Morgan fingerprint density at radius 3 is 2.27 bits per heavy atom. The zero-order chi connectivity index (χ0) is 10.7. The predicted molar refractivity (Wildman–Crippen MR) is 64.8 cm³/mol. The van der Waals surface area contributed by atoms with Gasteiger partial charge < -0.3 is 10.6 Å². The van der Waals surface area contributed by atoms with E-state index in [9.17, 15) is 0 Å². The van der Waals surface area contributed by atoms with Gasteiger partial charge >= 0.3 is 0 Å². The number of likely N-dealkylation sites (tertiary alicyclic amines) is 1. The second-order valence-electron chi connectivity index (χ2n) is 5.60. The maximum absolute atomic E-state index is 5.93. The molecule has 2 aliphatic rings. The molecule has 1 atom stereocenters. The fourth-order valence-electron chi connectivity index (χ4n) is 3.22. The van der Waals surface area contributed by atoms with E-state index < -0.39 is 0 Å². The molecule has 2 fully saturated rings. The van der Waals surface area contributed by atoms with Gasteiger partial charge in [0.25, 0.3) is 0 Å². The molecule has 0 aromatic rings. The number of nitrogens with zero attached hydrogens (tertiary/aromatic N) is 1. The highest BCUT2D eigenvalue weighted by Crippen LogP contribution is 2.31. The Morgan fingerprint density at radius 2 is 1.73 bits per heavy atom. The fraction of sp³-hybridized carbons (Fsp3) is 1.00. The quantitative estimate of drug-likeness (QED) is 0.774. The molecule has 0 bridgehead atoms. The van der Waals surface area contributed by atoms with Crippen molar-refractivity contribution < 1.29 is 0 Å². The smallest absolute Gasteiger partial charge is 0.0180 e. The van der Waals surface area contributed by atoms with E-state index in [1.54, 1.807) is 0 Å². The fourth-order valence-corrected chi connectivity index (χ4v) is 3.22. The van der Waals surface area contributed by atoms with Crippen molar-refractivity contribution in [2.45, 2.75) is 51.5 Å². The normalized spacial score (nSPS) is 38.4. The summed E-state index contributed by atoms with van der Waals surface area (Å²) in [4.78, 5) is 2.58. The van der Waals surface area contributed by atoms with Crippen molar-refractivity contribution in [3.8, 4) is 0 Å². The van der Waals surface area contributed by atoms with Crippen LogP contribution in [0.5, 0.6) is 0 Å². The van der Waals surface area contributed by atoms with Crippen LogP contribution in [0.1, 0.15) is 45.4 Å². The second-order valence-corrected chi connectivity index (χ2v) is 5.60. The zero-order valence-corrected chi connectivity index (χ0v) is 10.1. The van der Waals surface area contributed by atoms with Crippen LogP contribution in [0, 0.1) is 11.8 Å². The third-order valence-corrected chi connectivity index (χ3v) is 4.37. The molecule has 2 rings (SSSR count). The van der Waals surface area contributed by atoms with Crippen LogP contribution >= 0.6 is 0 Å². The molecular formula is C13H26N2. The monoisotopic (exact) mass is 210 g/mol. The van der Waals surface area contributed by atoms with Gasteiger partial charge in [-0.15, -0.1) is 0 Å². The topological polar surface area (TPSA) is 29.3 Å². The van der Waals surface area contributed by atoms with E-state index in [0.717, 1.165) is 18.4 Å². The van der Waals surface area contributed by atoms with Gasteiger partial charge in [0.1, 0.15) is 0 Å². The molecular weight excluding hydrogens is 184 g/mol. The van der Waals surface area contributed by atoms with Gasteiger partial charge in [-0.25, -0.2) is 0 Å². The Hall–Kier alpha value is -0.0800. The highest BCUT2D eigenvalue weighted by atomic mass is 15.2. The molecule has 2 N–H and O–H groups in total. The van der Waals surface area contributed by atoms with Crippen molar-refractivity contribution in [1.82, 2.24) is 4.90 Å². The lowest BCUT2D eigenvalue weighted by molar-refractivity contribution is 0.200. The lowest BCUT2D eigenvalue weighted by Gasteiger charge is -2.30. The minimum Gasteiger partial charge on any atom is -0.326 e. The Morgan fingerprint density at radius 1 is 1.07 bits per heavy atom. The first-order valence-electron chi connectivity index (χ1n) is 6.76.